The van der Waals surface area contributed by atoms with Crippen molar-refractivity contribution in [1.29, 1.82) is 5.26 Å². The second-order valence-corrected chi connectivity index (χ2v) is 14.2. The number of nitriles is 1. The number of hydrogen-bond acceptors (Lipinski definition) is 7. The molecule has 2 heterocycles. The van der Waals surface area contributed by atoms with Crippen LogP contribution < -0.4 is 14.4 Å². The van der Waals surface area contributed by atoms with Gasteiger partial charge in [0, 0.05) is 29.1 Å². The molecule has 1 fully saturated rings. The van der Waals surface area contributed by atoms with Crippen LogP contribution in [0.5, 0.6) is 5.75 Å². The van der Waals surface area contributed by atoms with Crippen LogP contribution in [0.15, 0.2) is 48.6 Å². The number of nitrogens with one attached hydrogen (secondary N) is 1. The average molecular weight is 596 g/mol. The summed E-state index contributed by atoms with van der Waals surface area (Å²) in [5, 5.41) is 19.9. The number of hydrogen-bond donors (Lipinski definition) is 2. The third kappa shape index (κ3) is 5.33. The van der Waals surface area contributed by atoms with Gasteiger partial charge in [0.1, 0.15) is 5.75 Å². The number of amides is 1. The molecule has 41 heavy (non-hydrogen) atoms. The number of anilines is 1. The van der Waals surface area contributed by atoms with E-state index in [9.17, 15) is 23.6 Å². The van der Waals surface area contributed by atoms with Gasteiger partial charge in [0.15, 0.2) is 5.25 Å². The number of benzene rings is 2. The molecule has 4 aliphatic rings. The Kier molecular flexibility index (Phi) is 7.52. The van der Waals surface area contributed by atoms with Crippen molar-refractivity contribution in [3.05, 3.63) is 70.3 Å². The number of nitrogens with zero attached hydrogens (tertiary/aromatic N) is 2. The lowest BCUT2D eigenvalue weighted by Crippen LogP contribution is -2.49. The first kappa shape index (κ1) is 28.1. The molecule has 0 saturated heterocycles. The Balaban J connectivity index is 1.42. The molecule has 6 rings (SSSR count). The van der Waals surface area contributed by atoms with E-state index in [4.69, 9.17) is 16.3 Å². The molecule has 2 aliphatic carbocycles. The van der Waals surface area contributed by atoms with E-state index >= 15 is 0 Å². The summed E-state index contributed by atoms with van der Waals surface area (Å²) < 4.78 is 34.4. The summed E-state index contributed by atoms with van der Waals surface area (Å²) in [6.07, 6.45) is 7.92. The molecule has 5 atom stereocenters. The van der Waals surface area contributed by atoms with Gasteiger partial charge in [0.05, 0.1) is 24.5 Å². The molecule has 0 radical (unpaired) electrons. The van der Waals surface area contributed by atoms with Crippen LogP contribution >= 0.6 is 11.6 Å². The van der Waals surface area contributed by atoms with Crippen LogP contribution in [0, 0.1) is 23.2 Å². The van der Waals surface area contributed by atoms with E-state index in [0.717, 1.165) is 37.8 Å². The summed E-state index contributed by atoms with van der Waals surface area (Å²) in [6, 6.07) is 12.9. The van der Waals surface area contributed by atoms with Gasteiger partial charge >= 0.3 is 0 Å². The van der Waals surface area contributed by atoms with E-state index in [-0.39, 0.29) is 29.2 Å². The van der Waals surface area contributed by atoms with Gasteiger partial charge in [-0.2, -0.15) is 5.26 Å². The lowest BCUT2D eigenvalue weighted by Gasteiger charge is -2.45. The van der Waals surface area contributed by atoms with Gasteiger partial charge < -0.3 is 14.7 Å². The predicted octanol–water partition coefficient (Wildman–Crippen LogP) is 4.50. The molecule has 2 bridgehead atoms. The van der Waals surface area contributed by atoms with Gasteiger partial charge in [-0.3, -0.25) is 4.79 Å². The number of carbonyl (C=O) groups excluding carboxylic acids is 1. The van der Waals surface area contributed by atoms with Crippen molar-refractivity contribution in [2.75, 3.05) is 24.6 Å². The Morgan fingerprint density at radius 2 is 2.02 bits per heavy atom. The molecule has 8 nitrogen and oxygen atoms in total. The highest BCUT2D eigenvalue weighted by atomic mass is 35.5. The summed E-state index contributed by atoms with van der Waals surface area (Å²) >= 11 is 6.36. The summed E-state index contributed by atoms with van der Waals surface area (Å²) in [7, 11) is -4.23. The quantitative estimate of drug-likeness (QED) is 0.430. The summed E-state index contributed by atoms with van der Waals surface area (Å²) in [5.74, 6) is 0.171. The van der Waals surface area contributed by atoms with Crippen LogP contribution in [0.3, 0.4) is 0 Å². The van der Waals surface area contributed by atoms with Crippen LogP contribution in [0.1, 0.15) is 60.0 Å². The molecular formula is C31H34ClN3O5S. The van der Waals surface area contributed by atoms with Crippen molar-refractivity contribution in [3.63, 3.8) is 0 Å². The van der Waals surface area contributed by atoms with E-state index in [1.807, 2.05) is 18.2 Å². The minimum Gasteiger partial charge on any atom is -0.490 e. The van der Waals surface area contributed by atoms with Crippen LogP contribution in [0.25, 0.3) is 0 Å². The van der Waals surface area contributed by atoms with Crippen molar-refractivity contribution >= 4 is 33.2 Å². The van der Waals surface area contributed by atoms with Gasteiger partial charge in [-0.25, -0.2) is 13.1 Å². The van der Waals surface area contributed by atoms with Crippen molar-refractivity contribution in [1.82, 2.24) is 4.72 Å². The molecule has 2 aromatic carbocycles. The van der Waals surface area contributed by atoms with Crippen molar-refractivity contribution < 1.29 is 23.1 Å². The van der Waals surface area contributed by atoms with Crippen molar-refractivity contribution in [2.45, 2.75) is 61.7 Å². The second-order valence-electron chi connectivity index (χ2n) is 11.9. The Morgan fingerprint density at radius 3 is 2.80 bits per heavy atom. The van der Waals surface area contributed by atoms with Crippen LogP contribution in [-0.2, 0) is 21.9 Å². The van der Waals surface area contributed by atoms with Crippen LogP contribution in [-0.4, -0.2) is 50.5 Å². The van der Waals surface area contributed by atoms with E-state index in [0.29, 0.717) is 36.9 Å². The predicted molar refractivity (Wildman–Crippen MR) is 157 cm³/mol. The lowest BCUT2D eigenvalue weighted by atomic mass is 9.68. The summed E-state index contributed by atoms with van der Waals surface area (Å²) in [4.78, 5) is 15.5. The number of sulfonamides is 1. The third-order valence-corrected chi connectivity index (χ3v) is 11.1. The molecule has 10 heteroatoms. The van der Waals surface area contributed by atoms with E-state index in [2.05, 4.69) is 15.7 Å². The van der Waals surface area contributed by atoms with Crippen molar-refractivity contribution in [3.8, 4) is 11.8 Å². The molecule has 2 aliphatic heterocycles. The van der Waals surface area contributed by atoms with Gasteiger partial charge in [0.25, 0.3) is 15.9 Å². The number of aliphatic hydroxyl groups excluding tert-OH is 1. The molecule has 0 unspecified atom stereocenters. The maximum absolute atomic E-state index is 13.2. The molecule has 0 aromatic heterocycles. The maximum atomic E-state index is 13.2. The van der Waals surface area contributed by atoms with Crippen LogP contribution in [0.4, 0.5) is 5.69 Å². The third-order valence-electron chi connectivity index (χ3n) is 9.35. The fraction of sp³-hybridized carbons (Fsp3) is 0.484. The zero-order valence-corrected chi connectivity index (χ0v) is 24.3. The zero-order chi connectivity index (χ0) is 28.8. The van der Waals surface area contributed by atoms with Gasteiger partial charge in [-0.15, -0.1) is 0 Å². The fourth-order valence-electron chi connectivity index (χ4n) is 6.98. The van der Waals surface area contributed by atoms with Gasteiger partial charge in [-0.1, -0.05) is 29.8 Å². The molecular weight excluding hydrogens is 562 g/mol. The lowest BCUT2D eigenvalue weighted by molar-refractivity contribution is 0.0456. The Labute approximate surface area is 246 Å². The van der Waals surface area contributed by atoms with E-state index in [1.165, 1.54) is 11.1 Å². The SMILES string of the molecule is N#C[C@@H]1CC/C=C\[C@H](O)[C@@H]2CC[C@H]2CN2C[C@@]3(CCCc4cc(Cl)ccc43)COc3ccc(cc32)C(=O)NS1(=O)=O. The highest BCUT2D eigenvalue weighted by Gasteiger charge is 2.44. The van der Waals surface area contributed by atoms with E-state index in [1.54, 1.807) is 30.4 Å². The number of aliphatic hydroxyl groups is 1. The van der Waals surface area contributed by atoms with Crippen LogP contribution in [0.2, 0.25) is 5.02 Å². The number of carbonyl (C=O) groups is 1. The number of halogens is 1. The molecule has 1 amide bonds. The monoisotopic (exact) mass is 595 g/mol. The van der Waals surface area contributed by atoms with Crippen molar-refractivity contribution in [2.24, 2.45) is 11.8 Å². The molecule has 1 saturated carbocycles. The number of fused-ring (bicyclic) bond motifs is 4. The maximum Gasteiger partial charge on any atom is 0.264 e. The first-order valence-corrected chi connectivity index (χ1v) is 16.2. The largest absolute Gasteiger partial charge is 0.490 e. The molecule has 2 N–H and O–H groups in total. The number of aryl methyl sites for hydroxylation is 1. The Bertz CT molecular complexity index is 1540. The smallest absolute Gasteiger partial charge is 0.264 e. The topological polar surface area (TPSA) is 120 Å². The summed E-state index contributed by atoms with van der Waals surface area (Å²) in [5.41, 5.74) is 3.08. The Morgan fingerprint density at radius 1 is 1.17 bits per heavy atom. The highest BCUT2D eigenvalue weighted by molar-refractivity contribution is 7.90. The number of allylic oxidation sites excluding steroid dienone is 1. The summed E-state index contributed by atoms with van der Waals surface area (Å²) in [6.45, 7) is 1.80. The number of ether oxygens (including phenoxy) is 1. The first-order chi connectivity index (χ1) is 19.7. The fourth-order valence-corrected chi connectivity index (χ4v) is 8.28. The zero-order valence-electron chi connectivity index (χ0n) is 22.8. The number of rotatable bonds is 0. The Hall–Kier alpha value is -3.06. The molecule has 1 spiro atoms. The van der Waals surface area contributed by atoms with E-state index < -0.39 is 27.3 Å². The van der Waals surface area contributed by atoms with Gasteiger partial charge in [0.2, 0.25) is 0 Å². The van der Waals surface area contributed by atoms with Gasteiger partial charge in [-0.05, 0) is 98.2 Å². The first-order valence-electron chi connectivity index (χ1n) is 14.3. The molecule has 2 aromatic rings. The standard InChI is InChI=1S/C31H34ClN3O5S/c32-23-9-11-26-20(14-23)4-3-13-31(26)18-35-17-22-7-10-25(22)28(36)6-2-1-5-24(16-33)41(38,39)34-30(37)21-8-12-29(40-19-31)27(35)15-21/h2,6,8-9,11-12,14-15,22,24-25,28,36H,1,3-5,7,10,13,17-19H2,(H,34,37)/b6-2-/t22-,24-,25+,28-,31-/m0/s1. The minimum atomic E-state index is -4.23. The second kappa shape index (κ2) is 11.0. The normalized spacial score (nSPS) is 31.7. The highest BCUT2D eigenvalue weighted by Crippen LogP contribution is 2.46. The molecule has 216 valence electrons. The average Bonchev–Trinajstić information content (AvgIpc) is 3.07. The minimum absolute atomic E-state index is 0.0248.